The summed E-state index contributed by atoms with van der Waals surface area (Å²) in [4.78, 5) is 29.3. The summed E-state index contributed by atoms with van der Waals surface area (Å²) in [6.45, 7) is 2.82. The molecule has 4 rings (SSSR count). The topological polar surface area (TPSA) is 86.8 Å². The van der Waals surface area contributed by atoms with Crippen molar-refractivity contribution in [2.75, 3.05) is 10.8 Å². The van der Waals surface area contributed by atoms with Crippen LogP contribution in [0.25, 0.3) is 0 Å². The molecule has 0 aromatic heterocycles. The van der Waals surface area contributed by atoms with Crippen LogP contribution in [-0.4, -0.2) is 43.8 Å². The highest BCUT2D eigenvalue weighted by molar-refractivity contribution is 7.92. The summed E-state index contributed by atoms with van der Waals surface area (Å²) in [5, 5.41) is 3.16. The minimum absolute atomic E-state index is 0.00402. The number of hydrogen-bond acceptors (Lipinski definition) is 4. The van der Waals surface area contributed by atoms with E-state index in [2.05, 4.69) is 5.32 Å². The number of carbonyl (C=O) groups excluding carboxylic acids is 2. The Kier molecular flexibility index (Phi) is 11.0. The van der Waals surface area contributed by atoms with Crippen LogP contribution in [0.2, 0.25) is 10.0 Å². The van der Waals surface area contributed by atoms with Gasteiger partial charge in [0.05, 0.1) is 15.6 Å². The average Bonchev–Trinajstić information content (AvgIpc) is 3.00. The van der Waals surface area contributed by atoms with E-state index in [1.54, 1.807) is 32.0 Å². The van der Waals surface area contributed by atoms with Crippen molar-refractivity contribution < 1.29 is 22.4 Å². The van der Waals surface area contributed by atoms with E-state index in [9.17, 15) is 22.4 Å². The number of carbonyl (C=O) groups is 2. The lowest BCUT2D eigenvalue weighted by atomic mass is 10.0. The number of benzene rings is 4. The molecule has 11 heteroatoms. The third kappa shape index (κ3) is 8.37. The lowest BCUT2D eigenvalue weighted by Crippen LogP contribution is -2.54. The predicted octanol–water partition coefficient (Wildman–Crippen LogP) is 6.49. The van der Waals surface area contributed by atoms with Crippen LogP contribution in [0.3, 0.4) is 0 Å². The Hall–Kier alpha value is -3.92. The number of rotatable bonds is 12. The summed E-state index contributed by atoms with van der Waals surface area (Å²) in [6.07, 6.45) is 0.148. The molecule has 0 aliphatic heterocycles. The van der Waals surface area contributed by atoms with Crippen LogP contribution in [0.15, 0.2) is 108 Å². The van der Waals surface area contributed by atoms with Gasteiger partial charge in [-0.3, -0.25) is 13.9 Å². The molecule has 0 aliphatic rings. The van der Waals surface area contributed by atoms with Gasteiger partial charge in [-0.1, -0.05) is 83.9 Å². The smallest absolute Gasteiger partial charge is 0.264 e. The van der Waals surface area contributed by atoms with Gasteiger partial charge >= 0.3 is 0 Å². The van der Waals surface area contributed by atoms with Crippen molar-refractivity contribution in [2.45, 2.75) is 43.8 Å². The Morgan fingerprint density at radius 1 is 0.841 bits per heavy atom. The molecular weight excluding hydrogens is 624 g/mol. The van der Waals surface area contributed by atoms with Gasteiger partial charge in [-0.2, -0.15) is 0 Å². The van der Waals surface area contributed by atoms with Gasteiger partial charge in [0.25, 0.3) is 10.0 Å². The van der Waals surface area contributed by atoms with Gasteiger partial charge in [0.2, 0.25) is 11.8 Å². The maximum atomic E-state index is 14.4. The van der Waals surface area contributed by atoms with Crippen molar-refractivity contribution in [2.24, 2.45) is 0 Å². The number of amides is 2. The zero-order valence-electron chi connectivity index (χ0n) is 24.2. The van der Waals surface area contributed by atoms with Gasteiger partial charge in [0.15, 0.2) is 0 Å². The summed E-state index contributed by atoms with van der Waals surface area (Å²) >= 11 is 12.7. The first-order valence-corrected chi connectivity index (χ1v) is 16.1. The second-order valence-electron chi connectivity index (χ2n) is 10.4. The fraction of sp³-hybridized carbons (Fsp3) is 0.212. The molecule has 1 N–H and O–H groups in total. The molecule has 7 nitrogen and oxygen atoms in total. The largest absolute Gasteiger partial charge is 0.352 e. The van der Waals surface area contributed by atoms with Crippen LogP contribution >= 0.6 is 23.2 Å². The van der Waals surface area contributed by atoms with Gasteiger partial charge in [0.1, 0.15) is 18.4 Å². The van der Waals surface area contributed by atoms with Gasteiger partial charge in [-0.05, 0) is 67.4 Å². The molecule has 4 aromatic carbocycles. The highest BCUT2D eigenvalue weighted by Gasteiger charge is 2.35. The maximum Gasteiger partial charge on any atom is 0.264 e. The number of nitrogens with zero attached hydrogens (tertiary/aromatic N) is 2. The van der Waals surface area contributed by atoms with Crippen molar-refractivity contribution in [3.8, 4) is 0 Å². The molecule has 0 bridgehead atoms. The SMILES string of the molecule is CC(C)NC(=O)C(Cc1ccccc1)N(Cc1ccc(F)cc1)C(=O)CN(c1cc(Cl)ccc1Cl)S(=O)(=O)c1ccccc1. The first-order valence-electron chi connectivity index (χ1n) is 13.9. The van der Waals surface area contributed by atoms with Gasteiger partial charge in [-0.25, -0.2) is 12.8 Å². The van der Waals surface area contributed by atoms with Gasteiger partial charge in [0, 0.05) is 24.0 Å². The molecule has 0 saturated carbocycles. The molecule has 4 aromatic rings. The number of anilines is 1. The van der Waals surface area contributed by atoms with Crippen LogP contribution in [0.1, 0.15) is 25.0 Å². The van der Waals surface area contributed by atoms with Gasteiger partial charge in [-0.15, -0.1) is 0 Å². The average molecular weight is 657 g/mol. The zero-order chi connectivity index (χ0) is 31.9. The molecule has 1 atom stereocenters. The molecule has 0 spiro atoms. The fourth-order valence-corrected chi connectivity index (χ4v) is 6.51. The first kappa shape index (κ1) is 33.0. The Morgan fingerprint density at radius 3 is 2.07 bits per heavy atom. The van der Waals surface area contributed by atoms with E-state index in [-0.39, 0.29) is 39.6 Å². The lowest BCUT2D eigenvalue weighted by molar-refractivity contribution is -0.140. The van der Waals surface area contributed by atoms with Crippen LogP contribution < -0.4 is 9.62 Å². The molecule has 2 amide bonds. The zero-order valence-corrected chi connectivity index (χ0v) is 26.5. The van der Waals surface area contributed by atoms with Crippen LogP contribution in [-0.2, 0) is 32.6 Å². The summed E-state index contributed by atoms with van der Waals surface area (Å²) < 4.78 is 42.7. The molecule has 0 aliphatic carbocycles. The lowest BCUT2D eigenvalue weighted by Gasteiger charge is -2.34. The van der Waals surface area contributed by atoms with Gasteiger partial charge < -0.3 is 10.2 Å². The van der Waals surface area contributed by atoms with E-state index in [0.717, 1.165) is 9.87 Å². The Balaban J connectivity index is 1.82. The van der Waals surface area contributed by atoms with E-state index in [1.165, 1.54) is 59.5 Å². The maximum absolute atomic E-state index is 14.4. The second-order valence-corrected chi connectivity index (χ2v) is 13.1. The first-order chi connectivity index (χ1) is 21.0. The molecule has 0 heterocycles. The third-order valence-corrected chi connectivity index (χ3v) is 9.08. The molecular formula is C33H32Cl2FN3O4S. The van der Waals surface area contributed by atoms with Crippen LogP contribution in [0.4, 0.5) is 10.1 Å². The molecule has 0 radical (unpaired) electrons. The number of halogens is 3. The van der Waals surface area contributed by atoms with E-state index in [4.69, 9.17) is 23.2 Å². The van der Waals surface area contributed by atoms with E-state index >= 15 is 0 Å². The monoisotopic (exact) mass is 655 g/mol. The van der Waals surface area contributed by atoms with E-state index in [1.807, 2.05) is 30.3 Å². The van der Waals surface area contributed by atoms with Crippen molar-refractivity contribution in [1.82, 2.24) is 10.2 Å². The normalized spacial score (nSPS) is 12.0. The summed E-state index contributed by atoms with van der Waals surface area (Å²) in [5.41, 5.74) is 1.35. The molecule has 0 fully saturated rings. The number of nitrogens with one attached hydrogen (secondary N) is 1. The van der Waals surface area contributed by atoms with E-state index < -0.39 is 40.2 Å². The quantitative estimate of drug-likeness (QED) is 0.189. The van der Waals surface area contributed by atoms with Crippen molar-refractivity contribution in [3.63, 3.8) is 0 Å². The fourth-order valence-electron chi connectivity index (χ4n) is 4.63. The Labute approximate surface area is 267 Å². The van der Waals surface area contributed by atoms with Crippen LogP contribution in [0, 0.1) is 5.82 Å². The minimum atomic E-state index is -4.33. The molecule has 44 heavy (non-hydrogen) atoms. The van der Waals surface area contributed by atoms with Crippen LogP contribution in [0.5, 0.6) is 0 Å². The summed E-state index contributed by atoms with van der Waals surface area (Å²) in [5.74, 6) is -1.55. The second kappa shape index (κ2) is 14.7. The summed E-state index contributed by atoms with van der Waals surface area (Å²) in [7, 11) is -4.33. The Bertz CT molecular complexity index is 1690. The predicted molar refractivity (Wildman–Crippen MR) is 172 cm³/mol. The highest BCUT2D eigenvalue weighted by atomic mass is 35.5. The standard InChI is InChI=1S/C33H32Cl2FN3O4S/c1-23(2)37-33(41)31(19-24-9-5-3-6-10-24)38(21-25-13-16-27(36)17-14-25)32(40)22-39(30-20-26(34)15-18-29(30)35)44(42,43)28-11-7-4-8-12-28/h3-18,20,23,31H,19,21-22H2,1-2H3,(H,37,41). The molecule has 230 valence electrons. The molecule has 0 saturated heterocycles. The van der Waals surface area contributed by atoms with E-state index in [0.29, 0.717) is 5.56 Å². The van der Waals surface area contributed by atoms with Crippen molar-refractivity contribution >= 4 is 50.7 Å². The summed E-state index contributed by atoms with van der Waals surface area (Å²) in [6, 6.07) is 25.4. The number of sulfonamides is 1. The highest BCUT2D eigenvalue weighted by Crippen LogP contribution is 2.33. The third-order valence-electron chi connectivity index (χ3n) is 6.76. The minimum Gasteiger partial charge on any atom is -0.352 e. The Morgan fingerprint density at radius 2 is 1.45 bits per heavy atom. The van der Waals surface area contributed by atoms with Crippen molar-refractivity contribution in [3.05, 3.63) is 130 Å². The van der Waals surface area contributed by atoms with Crippen molar-refractivity contribution in [1.29, 1.82) is 0 Å². The number of hydrogen-bond donors (Lipinski definition) is 1. The molecule has 1 unspecified atom stereocenters.